The average molecular weight is 502 g/mol. The molecule has 2 aliphatic carbocycles. The number of likely N-dealkylation sites (tertiary alicyclic amines) is 1. The van der Waals surface area contributed by atoms with Gasteiger partial charge in [0.15, 0.2) is 0 Å². The van der Waals surface area contributed by atoms with Crippen molar-refractivity contribution in [3.05, 3.63) is 29.8 Å². The highest BCUT2D eigenvalue weighted by Crippen LogP contribution is 2.38. The standard InChI is InChI=1S/C24H34F3N3O3S/c1-28-22(17-6-3-2-4-7-17)23(31)29-14-12-20(13-15-29)30(19-10-11-19)34(32,33)21-9-5-8-18(16-21)24(25,26)27/h5,8-9,16-17,19-20,22,28H,2-4,6-7,10-15H2,1H3/t22-/m0/s1. The van der Waals surface area contributed by atoms with Crippen molar-refractivity contribution in [3.8, 4) is 0 Å². The Hall–Kier alpha value is -1.65. The number of likely N-dealkylation sites (N-methyl/N-ethyl adjacent to an activating group) is 1. The molecule has 0 unspecified atom stereocenters. The Morgan fingerprint density at radius 2 is 1.65 bits per heavy atom. The summed E-state index contributed by atoms with van der Waals surface area (Å²) in [5.74, 6) is 0.403. The highest BCUT2D eigenvalue weighted by Gasteiger charge is 2.45. The Kier molecular flexibility index (Phi) is 7.59. The van der Waals surface area contributed by atoms with E-state index in [4.69, 9.17) is 0 Å². The number of benzene rings is 1. The lowest BCUT2D eigenvalue weighted by Gasteiger charge is -2.40. The summed E-state index contributed by atoms with van der Waals surface area (Å²) in [6.07, 6.45) is 3.36. The van der Waals surface area contributed by atoms with E-state index in [1.165, 1.54) is 16.8 Å². The third-order valence-electron chi connectivity index (χ3n) is 7.48. The van der Waals surface area contributed by atoms with Gasteiger partial charge in [-0.05, 0) is 69.7 Å². The molecular formula is C24H34F3N3O3S. The maximum atomic E-state index is 13.4. The SMILES string of the molecule is CN[C@H](C(=O)N1CCC(N(C2CC2)S(=O)(=O)c2cccc(C(F)(F)F)c2)CC1)C1CCCCC1. The summed E-state index contributed by atoms with van der Waals surface area (Å²) >= 11 is 0. The summed E-state index contributed by atoms with van der Waals surface area (Å²) < 4.78 is 67.8. The predicted octanol–water partition coefficient (Wildman–Crippen LogP) is 4.02. The molecule has 1 aromatic rings. The minimum Gasteiger partial charge on any atom is -0.341 e. The first-order valence-electron chi connectivity index (χ1n) is 12.3. The molecule has 1 aromatic carbocycles. The number of hydrogen-bond acceptors (Lipinski definition) is 4. The quantitative estimate of drug-likeness (QED) is 0.613. The van der Waals surface area contributed by atoms with Crippen LogP contribution in [0.15, 0.2) is 29.2 Å². The number of alkyl halides is 3. The van der Waals surface area contributed by atoms with Gasteiger partial charge in [-0.1, -0.05) is 25.3 Å². The van der Waals surface area contributed by atoms with Crippen LogP contribution < -0.4 is 5.32 Å². The molecule has 1 N–H and O–H groups in total. The minimum atomic E-state index is -4.61. The molecule has 34 heavy (non-hydrogen) atoms. The lowest BCUT2D eigenvalue weighted by atomic mass is 9.83. The van der Waals surface area contributed by atoms with Crippen molar-refractivity contribution in [2.75, 3.05) is 20.1 Å². The fourth-order valence-corrected chi connectivity index (χ4v) is 7.52. The van der Waals surface area contributed by atoms with E-state index in [2.05, 4.69) is 5.32 Å². The van der Waals surface area contributed by atoms with Crippen LogP contribution in [0.1, 0.15) is 63.4 Å². The minimum absolute atomic E-state index is 0.0755. The highest BCUT2D eigenvalue weighted by atomic mass is 32.2. The normalized spacial score (nSPS) is 22.2. The van der Waals surface area contributed by atoms with Crippen LogP contribution in [-0.4, -0.2) is 61.8 Å². The van der Waals surface area contributed by atoms with Gasteiger partial charge in [-0.25, -0.2) is 8.42 Å². The van der Waals surface area contributed by atoms with E-state index in [0.717, 1.165) is 43.9 Å². The number of carbonyl (C=O) groups excluding carboxylic acids is 1. The fourth-order valence-electron chi connectivity index (χ4n) is 5.54. The number of nitrogens with zero attached hydrogens (tertiary/aromatic N) is 2. The molecule has 1 saturated heterocycles. The van der Waals surface area contributed by atoms with E-state index in [9.17, 15) is 26.4 Å². The van der Waals surface area contributed by atoms with Crippen LogP contribution in [0.4, 0.5) is 13.2 Å². The molecule has 190 valence electrons. The van der Waals surface area contributed by atoms with Crippen molar-refractivity contribution in [2.45, 2.75) is 87.0 Å². The van der Waals surface area contributed by atoms with E-state index < -0.39 is 21.8 Å². The molecule has 1 heterocycles. The number of carbonyl (C=O) groups is 1. The van der Waals surface area contributed by atoms with Gasteiger partial charge in [-0.2, -0.15) is 17.5 Å². The van der Waals surface area contributed by atoms with Gasteiger partial charge in [0, 0.05) is 25.2 Å². The van der Waals surface area contributed by atoms with Gasteiger partial charge in [0.25, 0.3) is 0 Å². The van der Waals surface area contributed by atoms with Crippen LogP contribution in [0, 0.1) is 5.92 Å². The van der Waals surface area contributed by atoms with Gasteiger partial charge in [-0.3, -0.25) is 4.79 Å². The van der Waals surface area contributed by atoms with E-state index >= 15 is 0 Å². The number of rotatable bonds is 7. The van der Waals surface area contributed by atoms with Crippen LogP contribution in [0.2, 0.25) is 0 Å². The van der Waals surface area contributed by atoms with Gasteiger partial charge in [-0.15, -0.1) is 0 Å². The third kappa shape index (κ3) is 5.44. The Morgan fingerprint density at radius 3 is 2.21 bits per heavy atom. The van der Waals surface area contributed by atoms with Gasteiger partial charge in [0.2, 0.25) is 15.9 Å². The summed E-state index contributed by atoms with van der Waals surface area (Å²) in [5.41, 5.74) is -0.967. The van der Waals surface area contributed by atoms with E-state index in [-0.39, 0.29) is 28.9 Å². The van der Waals surface area contributed by atoms with Crippen LogP contribution in [0.25, 0.3) is 0 Å². The Morgan fingerprint density at radius 1 is 1.03 bits per heavy atom. The van der Waals surface area contributed by atoms with Crippen molar-refractivity contribution in [3.63, 3.8) is 0 Å². The first-order chi connectivity index (χ1) is 16.1. The molecule has 6 nitrogen and oxygen atoms in total. The van der Waals surface area contributed by atoms with E-state index in [1.807, 2.05) is 11.9 Å². The van der Waals surface area contributed by atoms with Gasteiger partial charge < -0.3 is 10.2 Å². The maximum Gasteiger partial charge on any atom is 0.416 e. The van der Waals surface area contributed by atoms with Gasteiger partial charge in [0.1, 0.15) is 0 Å². The molecule has 3 aliphatic rings. The Labute approximate surface area is 199 Å². The van der Waals surface area contributed by atoms with E-state index in [1.54, 1.807) is 0 Å². The summed E-state index contributed by atoms with van der Waals surface area (Å²) in [5, 5.41) is 3.20. The van der Waals surface area contributed by atoms with Crippen LogP contribution in [-0.2, 0) is 21.0 Å². The third-order valence-corrected chi connectivity index (χ3v) is 9.48. The molecule has 3 fully saturated rings. The fraction of sp³-hybridized carbons (Fsp3) is 0.708. The molecule has 10 heteroatoms. The number of piperidine rings is 1. The molecule has 1 atom stereocenters. The maximum absolute atomic E-state index is 13.4. The molecular weight excluding hydrogens is 467 g/mol. The van der Waals surface area contributed by atoms with Crippen LogP contribution in [0.5, 0.6) is 0 Å². The highest BCUT2D eigenvalue weighted by molar-refractivity contribution is 7.89. The second-order valence-corrected chi connectivity index (χ2v) is 11.7. The molecule has 1 amide bonds. The summed E-state index contributed by atoms with van der Waals surface area (Å²) in [4.78, 5) is 14.7. The topological polar surface area (TPSA) is 69.7 Å². The summed E-state index contributed by atoms with van der Waals surface area (Å²) in [6, 6.07) is 3.27. The number of sulfonamides is 1. The van der Waals surface area contributed by atoms with Crippen molar-refractivity contribution in [1.82, 2.24) is 14.5 Å². The lowest BCUT2D eigenvalue weighted by molar-refractivity contribution is -0.138. The molecule has 0 spiro atoms. The number of nitrogens with one attached hydrogen (secondary N) is 1. The molecule has 2 saturated carbocycles. The zero-order chi connectivity index (χ0) is 24.5. The lowest BCUT2D eigenvalue weighted by Crippen LogP contribution is -2.54. The van der Waals surface area contributed by atoms with E-state index in [0.29, 0.717) is 44.7 Å². The molecule has 4 rings (SSSR count). The molecule has 1 aliphatic heterocycles. The van der Waals surface area contributed by atoms with Crippen molar-refractivity contribution >= 4 is 15.9 Å². The number of amides is 1. The smallest absolute Gasteiger partial charge is 0.341 e. The Balaban J connectivity index is 1.46. The Bertz CT molecular complexity index is 967. The molecule has 0 aromatic heterocycles. The van der Waals surface area contributed by atoms with Crippen molar-refractivity contribution in [1.29, 1.82) is 0 Å². The van der Waals surface area contributed by atoms with Crippen LogP contribution >= 0.6 is 0 Å². The monoisotopic (exact) mass is 501 g/mol. The first kappa shape index (κ1) is 25.4. The summed E-state index contributed by atoms with van der Waals surface area (Å²) in [6.45, 7) is 0.908. The van der Waals surface area contributed by atoms with Crippen molar-refractivity contribution in [2.24, 2.45) is 5.92 Å². The zero-order valence-electron chi connectivity index (χ0n) is 19.6. The number of halogens is 3. The van der Waals surface area contributed by atoms with Gasteiger partial charge in [0.05, 0.1) is 16.5 Å². The average Bonchev–Trinajstić information content (AvgIpc) is 3.65. The number of hydrogen-bond donors (Lipinski definition) is 1. The molecule has 0 bridgehead atoms. The molecule has 0 radical (unpaired) electrons. The second kappa shape index (κ2) is 10.1. The predicted molar refractivity (Wildman–Crippen MR) is 123 cm³/mol. The first-order valence-corrected chi connectivity index (χ1v) is 13.7. The summed E-state index contributed by atoms with van der Waals surface area (Å²) in [7, 11) is -2.26. The van der Waals surface area contributed by atoms with Crippen molar-refractivity contribution < 1.29 is 26.4 Å². The zero-order valence-corrected chi connectivity index (χ0v) is 20.4. The largest absolute Gasteiger partial charge is 0.416 e. The van der Waals surface area contributed by atoms with Gasteiger partial charge >= 0.3 is 6.18 Å². The second-order valence-electron chi connectivity index (χ2n) is 9.81. The van der Waals surface area contributed by atoms with Crippen LogP contribution in [0.3, 0.4) is 0 Å².